The largest absolute Gasteiger partial charge is 0.311 e. The summed E-state index contributed by atoms with van der Waals surface area (Å²) in [5.41, 5.74) is 9.03. The van der Waals surface area contributed by atoms with Crippen molar-refractivity contribution in [3.05, 3.63) is 158 Å². The highest BCUT2D eigenvalue weighted by Crippen LogP contribution is 2.46. The first kappa shape index (κ1) is 18.8. The molecule has 2 aliphatic rings. The minimum absolute atomic E-state index is 0.120. The molecule has 0 saturated heterocycles. The van der Waals surface area contributed by atoms with E-state index in [1.807, 2.05) is 77.7 Å². The van der Waals surface area contributed by atoms with Gasteiger partial charge in [0.25, 0.3) is 6.71 Å². The van der Waals surface area contributed by atoms with Crippen LogP contribution < -0.4 is 26.2 Å². The van der Waals surface area contributed by atoms with Crippen LogP contribution in [0.5, 0.6) is 0 Å². The number of para-hydroxylation sites is 5. The Kier molecular flexibility index (Phi) is 4.04. The van der Waals surface area contributed by atoms with Crippen LogP contribution in [0.15, 0.2) is 158 Å². The lowest BCUT2D eigenvalue weighted by Crippen LogP contribution is -2.61. The van der Waals surface area contributed by atoms with Crippen molar-refractivity contribution in [2.45, 2.75) is 0 Å². The van der Waals surface area contributed by atoms with Gasteiger partial charge in [-0.3, -0.25) is 9.47 Å². The number of anilines is 6. The molecule has 6 aromatic carbocycles. The van der Waals surface area contributed by atoms with Gasteiger partial charge in [-0.05, 0) is 82.4 Å². The molecule has 0 atom stereocenters. The summed E-state index contributed by atoms with van der Waals surface area (Å²) in [6, 6.07) is 41.6. The van der Waals surface area contributed by atoms with E-state index >= 15 is 0 Å². The van der Waals surface area contributed by atoms with Crippen molar-refractivity contribution >= 4 is 68.3 Å². The Hall–Kier alpha value is -5.48. The zero-order valence-corrected chi connectivity index (χ0v) is 22.5. The second kappa shape index (κ2) is 9.02. The molecular weight excluding hydrogens is 509 g/mol. The van der Waals surface area contributed by atoms with Gasteiger partial charge in [0.2, 0.25) is 0 Å². The molecule has 3 heterocycles. The molecule has 0 amide bonds. The normalized spacial score (nSPS) is 14.8. The maximum Gasteiger partial charge on any atom is 0.255 e. The minimum Gasteiger partial charge on any atom is -0.311 e. The Morgan fingerprint density at radius 2 is 1.10 bits per heavy atom. The van der Waals surface area contributed by atoms with Gasteiger partial charge in [-0.25, -0.2) is 0 Å². The predicted octanol–water partition coefficient (Wildman–Crippen LogP) is 7.71. The Morgan fingerprint density at radius 3 is 1.88 bits per heavy atom. The van der Waals surface area contributed by atoms with E-state index < -0.39 is 6.04 Å². The predicted molar refractivity (Wildman–Crippen MR) is 177 cm³/mol. The average Bonchev–Trinajstić information content (AvgIpc) is 3.46. The van der Waals surface area contributed by atoms with Crippen molar-refractivity contribution in [2.24, 2.45) is 0 Å². The molecule has 3 nitrogen and oxygen atoms in total. The summed E-state index contributed by atoms with van der Waals surface area (Å²) in [6.45, 7) is -0.191. The molecule has 4 heteroatoms. The Labute approximate surface area is 252 Å². The summed E-state index contributed by atoms with van der Waals surface area (Å²) in [5, 5.41) is 1.04. The number of benzene rings is 6. The molecule has 1 aromatic heterocycles. The van der Waals surface area contributed by atoms with Crippen molar-refractivity contribution in [1.82, 2.24) is 4.57 Å². The standard InChI is InChI=1S/C38H26BN3/c1-4-15-27(16-5-1)40-33-24-13-11-22-31(33)39-36-30-21-10-12-23-32(30)41(28-17-6-2-7-18-28)38(36)42(29-19-8-3-9-20-29)35-26-14-25-34(40)37(35)39/h1-26H/i3D,8D,9D,19D,20D. The molecule has 0 spiro atoms. The summed E-state index contributed by atoms with van der Waals surface area (Å²) in [5.74, 6) is 0.758. The lowest BCUT2D eigenvalue weighted by Gasteiger charge is -2.43. The molecule has 0 N–H and O–H groups in total. The van der Waals surface area contributed by atoms with Crippen LogP contribution in [-0.4, -0.2) is 11.3 Å². The quantitative estimate of drug-likeness (QED) is 0.213. The van der Waals surface area contributed by atoms with Crippen LogP contribution in [0.25, 0.3) is 16.6 Å². The van der Waals surface area contributed by atoms with Gasteiger partial charge in [0.15, 0.2) is 0 Å². The molecule has 9 rings (SSSR count). The first-order valence-electron chi connectivity index (χ1n) is 16.6. The molecule has 2 aliphatic heterocycles. The van der Waals surface area contributed by atoms with Gasteiger partial charge in [-0.15, -0.1) is 0 Å². The Bertz CT molecular complexity index is 2360. The van der Waals surface area contributed by atoms with Crippen LogP contribution in [0.3, 0.4) is 0 Å². The molecule has 0 radical (unpaired) electrons. The fourth-order valence-electron chi connectivity index (χ4n) is 6.89. The maximum absolute atomic E-state index is 9.18. The van der Waals surface area contributed by atoms with Crippen LogP contribution in [0.1, 0.15) is 6.85 Å². The van der Waals surface area contributed by atoms with Crippen molar-refractivity contribution in [3.63, 3.8) is 0 Å². The van der Waals surface area contributed by atoms with Crippen LogP contribution in [0, 0.1) is 0 Å². The fraction of sp³-hybridized carbons (Fsp3) is 0. The van der Waals surface area contributed by atoms with E-state index in [4.69, 9.17) is 4.11 Å². The first-order valence-corrected chi connectivity index (χ1v) is 14.1. The zero-order valence-electron chi connectivity index (χ0n) is 27.5. The van der Waals surface area contributed by atoms with Crippen LogP contribution in [0.2, 0.25) is 0 Å². The van der Waals surface area contributed by atoms with Gasteiger partial charge >= 0.3 is 0 Å². The molecule has 0 aliphatic carbocycles. The van der Waals surface area contributed by atoms with Gasteiger partial charge in [0.1, 0.15) is 5.82 Å². The second-order valence-electron chi connectivity index (χ2n) is 10.6. The SMILES string of the molecule is [2H]c1c([2H])c([2H])c(N2c3cccc4c3B(c3ccccc3N4c3ccccc3)c3c2n(-c2ccccc2)c2ccccc32)c([2H])c1[2H]. The van der Waals surface area contributed by atoms with Gasteiger partial charge in [-0.1, -0.05) is 97.0 Å². The Morgan fingerprint density at radius 1 is 0.476 bits per heavy atom. The molecule has 0 bridgehead atoms. The van der Waals surface area contributed by atoms with Crippen LogP contribution in [-0.2, 0) is 0 Å². The smallest absolute Gasteiger partial charge is 0.255 e. The van der Waals surface area contributed by atoms with Gasteiger partial charge < -0.3 is 4.90 Å². The van der Waals surface area contributed by atoms with E-state index in [0.717, 1.165) is 61.5 Å². The summed E-state index contributed by atoms with van der Waals surface area (Å²) >= 11 is 0. The first-order chi connectivity index (χ1) is 23.0. The van der Waals surface area contributed by atoms with Crippen LogP contribution >= 0.6 is 0 Å². The molecule has 0 unspecified atom stereocenters. The third-order valence-electron chi connectivity index (χ3n) is 8.45. The molecule has 0 saturated carbocycles. The molecular formula is C38H26BN3. The van der Waals surface area contributed by atoms with Gasteiger partial charge in [-0.2, -0.15) is 0 Å². The third-order valence-corrected chi connectivity index (χ3v) is 8.45. The highest BCUT2D eigenvalue weighted by Gasteiger charge is 2.45. The van der Waals surface area contributed by atoms with E-state index in [-0.39, 0.29) is 36.6 Å². The van der Waals surface area contributed by atoms with E-state index in [9.17, 15) is 2.74 Å². The lowest BCUT2D eigenvalue weighted by atomic mass is 9.33. The Balaban J connectivity index is 1.49. The molecule has 196 valence electrons. The van der Waals surface area contributed by atoms with Crippen molar-refractivity contribution in [3.8, 4) is 5.69 Å². The lowest BCUT2D eigenvalue weighted by molar-refractivity contribution is 1.08. The molecule has 0 fully saturated rings. The van der Waals surface area contributed by atoms with E-state index in [1.54, 1.807) is 0 Å². The maximum atomic E-state index is 9.18. The van der Waals surface area contributed by atoms with Crippen molar-refractivity contribution < 1.29 is 6.85 Å². The highest BCUT2D eigenvalue weighted by atomic mass is 15.3. The van der Waals surface area contributed by atoms with E-state index in [1.165, 1.54) is 0 Å². The summed E-state index contributed by atoms with van der Waals surface area (Å²) in [7, 11) is 0. The minimum atomic E-state index is -0.415. The van der Waals surface area contributed by atoms with Crippen LogP contribution in [0.4, 0.5) is 34.3 Å². The topological polar surface area (TPSA) is 11.4 Å². The van der Waals surface area contributed by atoms with Crippen molar-refractivity contribution in [2.75, 3.05) is 9.80 Å². The third kappa shape index (κ3) is 3.18. The van der Waals surface area contributed by atoms with Gasteiger partial charge in [0, 0.05) is 34.1 Å². The second-order valence-corrected chi connectivity index (χ2v) is 10.6. The fourth-order valence-corrected chi connectivity index (χ4v) is 6.89. The molecule has 7 aromatic rings. The van der Waals surface area contributed by atoms with E-state index in [0.29, 0.717) is 0 Å². The summed E-state index contributed by atoms with van der Waals surface area (Å²) in [6.07, 6.45) is 0. The average molecular weight is 540 g/mol. The number of aromatic nitrogens is 1. The number of hydrogen-bond donors (Lipinski definition) is 0. The molecule has 42 heavy (non-hydrogen) atoms. The number of rotatable bonds is 3. The van der Waals surface area contributed by atoms with Crippen molar-refractivity contribution in [1.29, 1.82) is 0 Å². The summed E-state index contributed by atoms with van der Waals surface area (Å²) in [4.78, 5) is 4.18. The summed E-state index contributed by atoms with van der Waals surface area (Å²) < 4.78 is 46.3. The van der Waals surface area contributed by atoms with Gasteiger partial charge in [0.05, 0.1) is 12.4 Å². The number of nitrogens with zero attached hydrogens (tertiary/aromatic N) is 3. The van der Waals surface area contributed by atoms with E-state index in [2.05, 4.69) is 64.1 Å². The zero-order chi connectivity index (χ0) is 32.0. The number of hydrogen-bond acceptors (Lipinski definition) is 2. The monoisotopic (exact) mass is 540 g/mol. The highest BCUT2D eigenvalue weighted by molar-refractivity contribution is 7.01. The number of fused-ring (bicyclic) bond motifs is 6.